The number of benzene rings is 2. The maximum absolute atomic E-state index is 12.0. The van der Waals surface area contributed by atoms with Crippen molar-refractivity contribution in [1.29, 1.82) is 0 Å². The van der Waals surface area contributed by atoms with Gasteiger partial charge in [-0.25, -0.2) is 14.8 Å². The molecule has 1 heterocycles. The van der Waals surface area contributed by atoms with Crippen molar-refractivity contribution < 1.29 is 14.3 Å². The highest BCUT2D eigenvalue weighted by atomic mass is 35.5. The van der Waals surface area contributed by atoms with Crippen molar-refractivity contribution in [2.24, 2.45) is 0 Å². The van der Waals surface area contributed by atoms with Crippen LogP contribution < -0.4 is 16.0 Å². The summed E-state index contributed by atoms with van der Waals surface area (Å²) in [4.78, 5) is 32.7. The number of nitrogens with one attached hydrogen (secondary N) is 3. The normalized spacial score (nSPS) is 10.6. The van der Waals surface area contributed by atoms with Gasteiger partial charge in [0.15, 0.2) is 5.16 Å². The van der Waals surface area contributed by atoms with Crippen molar-refractivity contribution in [2.45, 2.75) is 5.16 Å². The fourth-order valence-corrected chi connectivity index (χ4v) is 3.34. The van der Waals surface area contributed by atoms with E-state index in [-0.39, 0.29) is 5.75 Å². The number of aromatic nitrogens is 2. The van der Waals surface area contributed by atoms with Gasteiger partial charge in [-0.15, -0.1) is 0 Å². The van der Waals surface area contributed by atoms with Crippen LogP contribution in [0.2, 0.25) is 5.02 Å². The number of carbonyl (C=O) groups is 2. The molecule has 3 rings (SSSR count). The lowest BCUT2D eigenvalue weighted by Gasteiger charge is -2.12. The van der Waals surface area contributed by atoms with Gasteiger partial charge in [0.05, 0.1) is 28.6 Å². The third-order valence-electron chi connectivity index (χ3n) is 3.89. The number of urea groups is 1. The number of halogens is 1. The number of hydrogen-bond donors (Lipinski definition) is 3. The van der Waals surface area contributed by atoms with Crippen LogP contribution in [-0.2, 0) is 9.53 Å². The van der Waals surface area contributed by atoms with E-state index in [9.17, 15) is 9.59 Å². The monoisotopic (exact) mass is 445 g/mol. The van der Waals surface area contributed by atoms with Crippen molar-refractivity contribution in [3.05, 3.63) is 53.6 Å². The molecule has 0 unspecified atom stereocenters. The van der Waals surface area contributed by atoms with Crippen LogP contribution in [0.5, 0.6) is 0 Å². The number of methoxy groups -OCH3 is 1. The summed E-state index contributed by atoms with van der Waals surface area (Å²) < 4.78 is 4.84. The number of thioether (sulfide) groups is 1. The Hall–Kier alpha value is -2.88. The van der Waals surface area contributed by atoms with E-state index in [0.717, 1.165) is 22.7 Å². The fraction of sp³-hybridized carbons (Fsp3) is 0.200. The van der Waals surface area contributed by atoms with Crippen LogP contribution in [0.3, 0.4) is 0 Å². The maximum atomic E-state index is 12.0. The number of nitrogens with zero attached hydrogens (tertiary/aromatic N) is 2. The first-order valence-electron chi connectivity index (χ1n) is 9.04. The van der Waals surface area contributed by atoms with Gasteiger partial charge >= 0.3 is 6.03 Å². The molecule has 0 aliphatic rings. The van der Waals surface area contributed by atoms with Crippen LogP contribution in [0.25, 0.3) is 10.9 Å². The number of rotatable bonds is 8. The SMILES string of the molecule is COCCNC(=O)NC(=O)CSc1nc(Nc2ccccc2Cl)c2ccccc2n1. The lowest BCUT2D eigenvalue weighted by molar-refractivity contribution is -0.117. The Morgan fingerprint density at radius 3 is 2.67 bits per heavy atom. The van der Waals surface area contributed by atoms with Crippen LogP contribution in [0.15, 0.2) is 53.7 Å². The molecule has 10 heteroatoms. The first-order valence-corrected chi connectivity index (χ1v) is 10.4. The highest BCUT2D eigenvalue weighted by molar-refractivity contribution is 7.99. The van der Waals surface area contributed by atoms with Crippen LogP contribution in [0, 0.1) is 0 Å². The van der Waals surface area contributed by atoms with Crippen LogP contribution >= 0.6 is 23.4 Å². The summed E-state index contributed by atoms with van der Waals surface area (Å²) in [6, 6.07) is 14.3. The van der Waals surface area contributed by atoms with Gasteiger partial charge in [0.1, 0.15) is 5.82 Å². The predicted molar refractivity (Wildman–Crippen MR) is 118 cm³/mol. The van der Waals surface area contributed by atoms with Gasteiger partial charge in [0.2, 0.25) is 5.91 Å². The largest absolute Gasteiger partial charge is 0.383 e. The smallest absolute Gasteiger partial charge is 0.321 e. The zero-order chi connectivity index (χ0) is 21.3. The lowest BCUT2D eigenvalue weighted by atomic mass is 10.2. The van der Waals surface area contributed by atoms with Gasteiger partial charge in [0, 0.05) is 19.0 Å². The molecule has 0 saturated carbocycles. The van der Waals surface area contributed by atoms with Gasteiger partial charge in [-0.05, 0) is 24.3 Å². The van der Waals surface area contributed by atoms with Crippen LogP contribution in [0.1, 0.15) is 0 Å². The Morgan fingerprint density at radius 2 is 1.87 bits per heavy atom. The minimum atomic E-state index is -0.571. The molecule has 0 radical (unpaired) electrons. The molecule has 1 aromatic heterocycles. The Labute approximate surface area is 182 Å². The van der Waals surface area contributed by atoms with Crippen molar-refractivity contribution in [2.75, 3.05) is 31.3 Å². The molecule has 0 saturated heterocycles. The van der Waals surface area contributed by atoms with E-state index in [1.807, 2.05) is 42.5 Å². The van der Waals surface area contributed by atoms with E-state index in [1.54, 1.807) is 6.07 Å². The first kappa shape index (κ1) is 21.8. The van der Waals surface area contributed by atoms with Gasteiger partial charge in [-0.1, -0.05) is 47.6 Å². The van der Waals surface area contributed by atoms with E-state index >= 15 is 0 Å². The Bertz CT molecular complexity index is 1050. The minimum absolute atomic E-state index is 0.0123. The number of imide groups is 1. The van der Waals surface area contributed by atoms with Crippen molar-refractivity contribution in [1.82, 2.24) is 20.6 Å². The van der Waals surface area contributed by atoms with Gasteiger partial charge < -0.3 is 15.4 Å². The molecule has 30 heavy (non-hydrogen) atoms. The van der Waals surface area contributed by atoms with Crippen molar-refractivity contribution in [3.63, 3.8) is 0 Å². The fourth-order valence-electron chi connectivity index (χ4n) is 2.51. The summed E-state index contributed by atoms with van der Waals surface area (Å²) in [5, 5.41) is 9.79. The van der Waals surface area contributed by atoms with E-state index in [1.165, 1.54) is 7.11 Å². The molecule has 0 aliphatic heterocycles. The summed E-state index contributed by atoms with van der Waals surface area (Å²) in [7, 11) is 1.53. The van der Waals surface area contributed by atoms with E-state index < -0.39 is 11.9 Å². The topological polar surface area (TPSA) is 105 Å². The third kappa shape index (κ3) is 6.06. The Morgan fingerprint density at radius 1 is 1.10 bits per heavy atom. The number of para-hydroxylation sites is 2. The van der Waals surface area contributed by atoms with Gasteiger partial charge in [0.25, 0.3) is 0 Å². The summed E-state index contributed by atoms with van der Waals surface area (Å²) in [6.07, 6.45) is 0. The zero-order valence-electron chi connectivity index (χ0n) is 16.1. The number of carbonyl (C=O) groups excluding carboxylic acids is 2. The second-order valence-electron chi connectivity index (χ2n) is 6.06. The zero-order valence-corrected chi connectivity index (χ0v) is 17.7. The molecule has 0 spiro atoms. The molecule has 0 atom stereocenters. The second kappa shape index (κ2) is 10.8. The first-order chi connectivity index (χ1) is 14.6. The molecule has 3 amide bonds. The average Bonchev–Trinajstić information content (AvgIpc) is 2.74. The van der Waals surface area contributed by atoms with Gasteiger partial charge in [-0.3, -0.25) is 10.1 Å². The predicted octanol–water partition coefficient (Wildman–Crippen LogP) is 3.59. The van der Waals surface area contributed by atoms with Crippen LogP contribution in [-0.4, -0.2) is 47.9 Å². The molecule has 8 nitrogen and oxygen atoms in total. The molecular formula is C20H20ClN5O3S. The number of fused-ring (bicyclic) bond motifs is 1. The number of anilines is 2. The number of ether oxygens (including phenoxy) is 1. The molecule has 3 N–H and O–H groups in total. The molecule has 2 aromatic carbocycles. The highest BCUT2D eigenvalue weighted by Gasteiger charge is 2.13. The lowest BCUT2D eigenvalue weighted by Crippen LogP contribution is -2.41. The molecule has 0 bridgehead atoms. The van der Waals surface area contributed by atoms with Crippen molar-refractivity contribution in [3.8, 4) is 0 Å². The highest BCUT2D eigenvalue weighted by Crippen LogP contribution is 2.29. The third-order valence-corrected chi connectivity index (χ3v) is 5.06. The summed E-state index contributed by atoms with van der Waals surface area (Å²) in [6.45, 7) is 0.677. The van der Waals surface area contributed by atoms with Crippen molar-refractivity contribution >= 4 is 57.7 Å². The molecule has 0 aliphatic carbocycles. The summed E-state index contributed by atoms with van der Waals surface area (Å²) in [5.74, 6) is 0.114. The van der Waals surface area contributed by atoms with E-state index in [4.69, 9.17) is 16.3 Å². The minimum Gasteiger partial charge on any atom is -0.383 e. The maximum Gasteiger partial charge on any atom is 0.321 e. The summed E-state index contributed by atoms with van der Waals surface area (Å²) in [5.41, 5.74) is 1.44. The summed E-state index contributed by atoms with van der Waals surface area (Å²) >= 11 is 7.38. The average molecular weight is 446 g/mol. The molecular weight excluding hydrogens is 426 g/mol. The molecule has 0 fully saturated rings. The van der Waals surface area contributed by atoms with E-state index in [2.05, 4.69) is 25.9 Å². The Balaban J connectivity index is 1.71. The standard InChI is InChI=1S/C20H20ClN5O3S/c1-29-11-10-22-19(28)25-17(27)12-30-20-24-15-8-4-2-6-13(15)18(26-20)23-16-9-5-3-7-14(16)21/h2-9H,10-12H2,1H3,(H,23,24,26)(H2,22,25,27,28). The second-order valence-corrected chi connectivity index (χ2v) is 7.41. The molecule has 156 valence electrons. The molecule has 3 aromatic rings. The van der Waals surface area contributed by atoms with E-state index in [0.29, 0.717) is 34.8 Å². The van der Waals surface area contributed by atoms with Gasteiger partial charge in [-0.2, -0.15) is 0 Å². The Kier molecular flexibility index (Phi) is 7.83. The quantitative estimate of drug-likeness (QED) is 0.276. The number of amides is 3. The number of hydrogen-bond acceptors (Lipinski definition) is 7. The van der Waals surface area contributed by atoms with Crippen LogP contribution in [0.4, 0.5) is 16.3 Å².